The molecule has 0 fully saturated rings. The summed E-state index contributed by atoms with van der Waals surface area (Å²) in [5.74, 6) is 0. The average molecular weight is 274 g/mol. The van der Waals surface area contributed by atoms with Gasteiger partial charge in [0.15, 0.2) is 0 Å². The third-order valence-electron chi connectivity index (χ3n) is 3.03. The van der Waals surface area contributed by atoms with Gasteiger partial charge in [0, 0.05) is 29.0 Å². The molecule has 0 saturated heterocycles. The van der Waals surface area contributed by atoms with Crippen LogP contribution in [0.5, 0.6) is 0 Å². The van der Waals surface area contributed by atoms with Crippen LogP contribution in [0, 0.1) is 0 Å². The monoisotopic (exact) mass is 274 g/mol. The van der Waals surface area contributed by atoms with E-state index in [1.807, 2.05) is 11.3 Å². The number of nitrogens with one attached hydrogen (secondary N) is 1. The zero-order chi connectivity index (χ0) is 13.5. The van der Waals surface area contributed by atoms with Crippen molar-refractivity contribution in [3.8, 4) is 0 Å². The maximum absolute atomic E-state index is 3.45. The first-order chi connectivity index (χ1) is 9.29. The molecule has 1 aromatic heterocycles. The number of hydrogen-bond acceptors (Lipinski definition) is 3. The summed E-state index contributed by atoms with van der Waals surface area (Å²) in [7, 11) is 2.14. The molecule has 3 heteroatoms. The molecule has 19 heavy (non-hydrogen) atoms. The predicted molar refractivity (Wildman–Crippen MR) is 84.9 cm³/mol. The number of anilines is 1. The van der Waals surface area contributed by atoms with Gasteiger partial charge in [-0.2, -0.15) is 0 Å². The molecule has 0 radical (unpaired) electrons. The van der Waals surface area contributed by atoms with Gasteiger partial charge in [0.05, 0.1) is 6.54 Å². The fraction of sp³-hybridized carbons (Fsp3) is 0.375. The van der Waals surface area contributed by atoms with Crippen molar-refractivity contribution in [1.82, 2.24) is 5.32 Å². The molecule has 0 aliphatic heterocycles. The third kappa shape index (κ3) is 4.37. The molecular formula is C16H22N2S. The van der Waals surface area contributed by atoms with Crippen LogP contribution in [0.25, 0.3) is 0 Å². The molecule has 0 spiro atoms. The smallest absolute Gasteiger partial charge is 0.0519 e. The Kier molecular flexibility index (Phi) is 5.43. The summed E-state index contributed by atoms with van der Waals surface area (Å²) in [5.41, 5.74) is 1.27. The van der Waals surface area contributed by atoms with Crippen molar-refractivity contribution >= 4 is 17.0 Å². The Morgan fingerprint density at radius 3 is 2.53 bits per heavy atom. The van der Waals surface area contributed by atoms with Gasteiger partial charge in [-0.3, -0.25) is 0 Å². The summed E-state index contributed by atoms with van der Waals surface area (Å²) in [6.07, 6.45) is 1.19. The van der Waals surface area contributed by atoms with Crippen molar-refractivity contribution in [3.63, 3.8) is 0 Å². The minimum Gasteiger partial charge on any atom is -0.369 e. The number of rotatable bonds is 7. The zero-order valence-electron chi connectivity index (χ0n) is 11.7. The first-order valence-corrected chi connectivity index (χ1v) is 7.65. The molecule has 0 amide bonds. The lowest BCUT2D eigenvalue weighted by atomic mass is 10.3. The molecule has 102 valence electrons. The van der Waals surface area contributed by atoms with Crippen LogP contribution in [0.3, 0.4) is 0 Å². The fourth-order valence-electron chi connectivity index (χ4n) is 2.00. The minimum atomic E-state index is 0.975. The summed E-state index contributed by atoms with van der Waals surface area (Å²) in [6, 6.07) is 15.0. The molecule has 0 unspecified atom stereocenters. The lowest BCUT2D eigenvalue weighted by Crippen LogP contribution is -2.15. The van der Waals surface area contributed by atoms with Crippen LogP contribution in [-0.4, -0.2) is 13.6 Å². The predicted octanol–water partition coefficient (Wildman–Crippen LogP) is 3.88. The highest BCUT2D eigenvalue weighted by molar-refractivity contribution is 7.12. The second kappa shape index (κ2) is 7.31. The standard InChI is InChI=1S/C16H22N2S/c1-3-11-17-12-15-9-10-16(19-15)13-18(2)14-7-5-4-6-8-14/h4-10,17H,3,11-13H2,1-2H3. The van der Waals surface area contributed by atoms with Crippen molar-refractivity contribution in [3.05, 3.63) is 52.2 Å². The van der Waals surface area contributed by atoms with Gasteiger partial charge >= 0.3 is 0 Å². The first-order valence-electron chi connectivity index (χ1n) is 6.84. The summed E-state index contributed by atoms with van der Waals surface area (Å²) in [6.45, 7) is 5.26. The van der Waals surface area contributed by atoms with E-state index < -0.39 is 0 Å². The van der Waals surface area contributed by atoms with E-state index in [9.17, 15) is 0 Å². The molecule has 1 N–H and O–H groups in total. The number of nitrogens with zero attached hydrogens (tertiary/aromatic N) is 1. The van der Waals surface area contributed by atoms with Gasteiger partial charge in [0.25, 0.3) is 0 Å². The molecule has 1 heterocycles. The normalized spacial score (nSPS) is 10.6. The summed E-state index contributed by atoms with van der Waals surface area (Å²) < 4.78 is 0. The Morgan fingerprint density at radius 1 is 1.05 bits per heavy atom. The summed E-state index contributed by atoms with van der Waals surface area (Å²) in [5, 5.41) is 3.45. The van der Waals surface area contributed by atoms with E-state index in [1.54, 1.807) is 0 Å². The van der Waals surface area contributed by atoms with E-state index in [-0.39, 0.29) is 0 Å². The van der Waals surface area contributed by atoms with Gasteiger partial charge in [0.2, 0.25) is 0 Å². The van der Waals surface area contributed by atoms with E-state index in [0.717, 1.165) is 19.6 Å². The van der Waals surface area contributed by atoms with Crippen LogP contribution in [0.2, 0.25) is 0 Å². The molecule has 0 aliphatic carbocycles. The van der Waals surface area contributed by atoms with Crippen molar-refractivity contribution < 1.29 is 0 Å². The SMILES string of the molecule is CCCNCc1ccc(CN(C)c2ccccc2)s1. The molecular weight excluding hydrogens is 252 g/mol. The van der Waals surface area contributed by atoms with Crippen LogP contribution in [0.4, 0.5) is 5.69 Å². The van der Waals surface area contributed by atoms with Gasteiger partial charge in [-0.1, -0.05) is 25.1 Å². The Bertz CT molecular complexity index is 479. The van der Waals surface area contributed by atoms with Gasteiger partial charge in [-0.15, -0.1) is 11.3 Å². The molecule has 0 atom stereocenters. The van der Waals surface area contributed by atoms with Crippen LogP contribution in [0.15, 0.2) is 42.5 Å². The Balaban J connectivity index is 1.89. The Morgan fingerprint density at radius 2 is 1.79 bits per heavy atom. The highest BCUT2D eigenvalue weighted by atomic mass is 32.1. The van der Waals surface area contributed by atoms with Crippen molar-refractivity contribution in [2.45, 2.75) is 26.4 Å². The molecule has 2 nitrogen and oxygen atoms in total. The number of thiophene rings is 1. The molecule has 0 aliphatic rings. The van der Waals surface area contributed by atoms with Gasteiger partial charge in [-0.05, 0) is 37.2 Å². The second-order valence-corrected chi connectivity index (χ2v) is 5.99. The van der Waals surface area contributed by atoms with Gasteiger partial charge in [0.1, 0.15) is 0 Å². The minimum absolute atomic E-state index is 0.975. The summed E-state index contributed by atoms with van der Waals surface area (Å²) in [4.78, 5) is 5.12. The van der Waals surface area contributed by atoms with Crippen LogP contribution >= 0.6 is 11.3 Å². The largest absolute Gasteiger partial charge is 0.369 e. The highest BCUT2D eigenvalue weighted by Gasteiger charge is 2.04. The fourth-order valence-corrected chi connectivity index (χ4v) is 3.04. The summed E-state index contributed by atoms with van der Waals surface area (Å²) >= 11 is 1.90. The second-order valence-electron chi connectivity index (χ2n) is 4.74. The molecule has 0 saturated carbocycles. The van der Waals surface area contributed by atoms with Crippen molar-refractivity contribution in [2.24, 2.45) is 0 Å². The van der Waals surface area contributed by atoms with E-state index in [2.05, 4.69) is 66.7 Å². The van der Waals surface area contributed by atoms with E-state index in [4.69, 9.17) is 0 Å². The van der Waals surface area contributed by atoms with Crippen molar-refractivity contribution in [2.75, 3.05) is 18.5 Å². The lowest BCUT2D eigenvalue weighted by Gasteiger charge is -2.18. The Hall–Kier alpha value is -1.32. The Labute approximate surface area is 120 Å². The van der Waals surface area contributed by atoms with Crippen molar-refractivity contribution in [1.29, 1.82) is 0 Å². The van der Waals surface area contributed by atoms with Crippen LogP contribution in [-0.2, 0) is 13.1 Å². The molecule has 2 rings (SSSR count). The third-order valence-corrected chi connectivity index (χ3v) is 4.10. The van der Waals surface area contributed by atoms with Crippen LogP contribution < -0.4 is 10.2 Å². The first kappa shape index (κ1) is 14.1. The van der Waals surface area contributed by atoms with Crippen LogP contribution in [0.1, 0.15) is 23.1 Å². The van der Waals surface area contributed by atoms with Gasteiger partial charge in [-0.25, -0.2) is 0 Å². The topological polar surface area (TPSA) is 15.3 Å². The molecule has 0 bridgehead atoms. The number of hydrogen-bond donors (Lipinski definition) is 1. The van der Waals surface area contributed by atoms with E-state index in [0.29, 0.717) is 0 Å². The van der Waals surface area contributed by atoms with E-state index >= 15 is 0 Å². The quantitative estimate of drug-likeness (QED) is 0.771. The lowest BCUT2D eigenvalue weighted by molar-refractivity contribution is 0.681. The zero-order valence-corrected chi connectivity index (χ0v) is 12.5. The van der Waals surface area contributed by atoms with Gasteiger partial charge < -0.3 is 10.2 Å². The highest BCUT2D eigenvalue weighted by Crippen LogP contribution is 2.20. The maximum atomic E-state index is 3.45. The maximum Gasteiger partial charge on any atom is 0.0519 e. The van der Waals surface area contributed by atoms with E-state index in [1.165, 1.54) is 21.9 Å². The number of benzene rings is 1. The molecule has 1 aromatic carbocycles. The number of para-hydroxylation sites is 1. The molecule has 2 aromatic rings. The average Bonchev–Trinajstić information content (AvgIpc) is 2.88.